The molecule has 1 heterocycles. The van der Waals surface area contributed by atoms with E-state index in [0.29, 0.717) is 25.2 Å². The van der Waals surface area contributed by atoms with E-state index < -0.39 is 12.1 Å². The molecule has 6 nitrogen and oxygen atoms in total. The van der Waals surface area contributed by atoms with E-state index in [2.05, 4.69) is 5.32 Å². The Balaban J connectivity index is 1.43. The van der Waals surface area contributed by atoms with Crippen molar-refractivity contribution in [2.24, 2.45) is 0 Å². The number of benzene rings is 2. The van der Waals surface area contributed by atoms with Crippen LogP contribution in [-0.2, 0) is 20.8 Å². The van der Waals surface area contributed by atoms with Crippen LogP contribution in [0.5, 0.6) is 0 Å². The number of nitrogens with one attached hydrogen (secondary N) is 1. The van der Waals surface area contributed by atoms with Gasteiger partial charge in [-0.3, -0.25) is 0 Å². The van der Waals surface area contributed by atoms with Crippen molar-refractivity contribution < 1.29 is 23.8 Å². The Morgan fingerprint density at radius 1 is 1.04 bits per heavy atom. The largest absolute Gasteiger partial charge is 0.460 e. The average Bonchev–Trinajstić information content (AvgIpc) is 3.04. The number of carbonyl (C=O) groups is 2. The van der Waals surface area contributed by atoms with Crippen LogP contribution in [0.2, 0.25) is 0 Å². The van der Waals surface area contributed by atoms with E-state index in [1.54, 1.807) is 24.3 Å². The highest BCUT2D eigenvalue weighted by Crippen LogP contribution is 2.14. The van der Waals surface area contributed by atoms with E-state index >= 15 is 0 Å². The van der Waals surface area contributed by atoms with Crippen LogP contribution in [0.1, 0.15) is 22.3 Å². The Hall–Kier alpha value is -2.86. The zero-order chi connectivity index (χ0) is 18.2. The molecule has 1 amide bonds. The van der Waals surface area contributed by atoms with Crippen LogP contribution in [0.15, 0.2) is 60.7 Å². The number of amides is 1. The minimum Gasteiger partial charge on any atom is -0.460 e. The molecule has 3 rings (SSSR count). The molecule has 1 fully saturated rings. The maximum absolute atomic E-state index is 12.0. The lowest BCUT2D eigenvalue weighted by Crippen LogP contribution is -2.37. The zero-order valence-electron chi connectivity index (χ0n) is 14.3. The molecule has 0 aromatic heterocycles. The third-order valence-electron chi connectivity index (χ3n) is 4.07. The molecule has 1 aliphatic heterocycles. The molecule has 2 unspecified atom stereocenters. The van der Waals surface area contributed by atoms with Crippen molar-refractivity contribution in [3.05, 3.63) is 71.8 Å². The van der Waals surface area contributed by atoms with Gasteiger partial charge in [-0.15, -0.1) is 0 Å². The van der Waals surface area contributed by atoms with Gasteiger partial charge in [-0.2, -0.15) is 0 Å². The second kappa shape index (κ2) is 9.01. The number of hydrogen-bond acceptors (Lipinski definition) is 5. The fourth-order valence-electron chi connectivity index (χ4n) is 2.69. The predicted octanol–water partition coefficient (Wildman–Crippen LogP) is 2.93. The van der Waals surface area contributed by atoms with Crippen molar-refractivity contribution in [1.29, 1.82) is 0 Å². The number of hydrogen-bond donors (Lipinski definition) is 1. The van der Waals surface area contributed by atoms with Crippen LogP contribution >= 0.6 is 0 Å². The predicted molar refractivity (Wildman–Crippen MR) is 94.6 cm³/mol. The molecule has 0 saturated carbocycles. The Morgan fingerprint density at radius 2 is 1.73 bits per heavy atom. The van der Waals surface area contributed by atoms with Gasteiger partial charge < -0.3 is 19.5 Å². The Bertz CT molecular complexity index is 719. The maximum atomic E-state index is 12.0. The van der Waals surface area contributed by atoms with Crippen LogP contribution in [0.3, 0.4) is 0 Å². The molecule has 2 aromatic carbocycles. The molecule has 2 aromatic rings. The second-order valence-corrected chi connectivity index (χ2v) is 5.99. The van der Waals surface area contributed by atoms with Gasteiger partial charge in [0.05, 0.1) is 18.8 Å². The van der Waals surface area contributed by atoms with Crippen molar-refractivity contribution in [3.8, 4) is 0 Å². The summed E-state index contributed by atoms with van der Waals surface area (Å²) in [6, 6.07) is 18.2. The van der Waals surface area contributed by atoms with E-state index in [9.17, 15) is 9.59 Å². The molecule has 0 radical (unpaired) electrons. The fourth-order valence-corrected chi connectivity index (χ4v) is 2.69. The third kappa shape index (κ3) is 5.07. The third-order valence-corrected chi connectivity index (χ3v) is 4.07. The monoisotopic (exact) mass is 355 g/mol. The maximum Gasteiger partial charge on any atom is 0.407 e. The molecule has 1 aliphatic rings. The van der Waals surface area contributed by atoms with Gasteiger partial charge in [-0.05, 0) is 17.7 Å². The summed E-state index contributed by atoms with van der Waals surface area (Å²) in [6.45, 7) is 1.00. The van der Waals surface area contributed by atoms with Gasteiger partial charge in [0.15, 0.2) is 0 Å². The molecule has 1 saturated heterocycles. The van der Waals surface area contributed by atoms with Gasteiger partial charge in [0.1, 0.15) is 18.8 Å². The van der Waals surface area contributed by atoms with Crippen molar-refractivity contribution in [1.82, 2.24) is 5.32 Å². The lowest BCUT2D eigenvalue weighted by atomic mass is 10.1. The quantitative estimate of drug-likeness (QED) is 0.582. The highest BCUT2D eigenvalue weighted by Gasteiger charge is 2.34. The molecule has 26 heavy (non-hydrogen) atoms. The Morgan fingerprint density at radius 3 is 2.46 bits per heavy atom. The number of alkyl carbamates (subject to hydrolysis) is 1. The molecule has 0 bridgehead atoms. The number of rotatable bonds is 8. The second-order valence-electron chi connectivity index (χ2n) is 5.99. The van der Waals surface area contributed by atoms with Crippen LogP contribution in [-0.4, -0.2) is 37.4 Å². The number of carbonyl (C=O) groups excluding carboxylic acids is 2. The first-order valence-corrected chi connectivity index (χ1v) is 8.53. The molecule has 2 atom stereocenters. The first-order valence-electron chi connectivity index (χ1n) is 8.53. The van der Waals surface area contributed by atoms with Crippen molar-refractivity contribution in [2.75, 3.05) is 13.2 Å². The summed E-state index contributed by atoms with van der Waals surface area (Å²) in [5.41, 5.74) is 1.56. The van der Waals surface area contributed by atoms with Gasteiger partial charge in [0.25, 0.3) is 0 Å². The summed E-state index contributed by atoms with van der Waals surface area (Å²) in [6.07, 6.45) is -0.361. The molecule has 1 N–H and O–H groups in total. The lowest BCUT2D eigenvalue weighted by molar-refractivity contribution is 0.0359. The minimum absolute atomic E-state index is 0.0584. The number of ether oxygens (including phenoxy) is 3. The molecular weight excluding hydrogens is 334 g/mol. The van der Waals surface area contributed by atoms with Gasteiger partial charge in [-0.1, -0.05) is 48.5 Å². The fraction of sp³-hybridized carbons (Fsp3) is 0.300. The van der Waals surface area contributed by atoms with E-state index in [-0.39, 0.29) is 18.8 Å². The lowest BCUT2D eigenvalue weighted by Gasteiger charge is -2.17. The van der Waals surface area contributed by atoms with Gasteiger partial charge in [-0.25, -0.2) is 9.59 Å². The summed E-state index contributed by atoms with van der Waals surface area (Å²) in [4.78, 5) is 23.5. The highest BCUT2D eigenvalue weighted by molar-refractivity contribution is 5.89. The number of cyclic esters (lactones) is 1. The van der Waals surface area contributed by atoms with Crippen LogP contribution in [0.25, 0.3) is 0 Å². The number of esters is 1. The summed E-state index contributed by atoms with van der Waals surface area (Å²) in [5.74, 6) is -0.425. The van der Waals surface area contributed by atoms with Crippen molar-refractivity contribution >= 4 is 12.1 Å². The summed E-state index contributed by atoms with van der Waals surface area (Å²) in [7, 11) is 0. The SMILES string of the molecule is O=C1NC(COC(=O)c2ccccc2)C(CCOCc2ccccc2)O1. The Kier molecular flexibility index (Phi) is 6.22. The van der Waals surface area contributed by atoms with Crippen LogP contribution < -0.4 is 5.32 Å². The highest BCUT2D eigenvalue weighted by atomic mass is 16.6. The van der Waals surface area contributed by atoms with E-state index in [1.807, 2.05) is 36.4 Å². The van der Waals surface area contributed by atoms with Crippen LogP contribution in [0, 0.1) is 0 Å². The average molecular weight is 355 g/mol. The van der Waals surface area contributed by atoms with Crippen LogP contribution in [0.4, 0.5) is 4.79 Å². The van der Waals surface area contributed by atoms with E-state index in [4.69, 9.17) is 14.2 Å². The van der Waals surface area contributed by atoms with Gasteiger partial charge in [0, 0.05) is 6.42 Å². The zero-order valence-corrected chi connectivity index (χ0v) is 14.3. The molecule has 0 spiro atoms. The molecule has 136 valence electrons. The van der Waals surface area contributed by atoms with E-state index in [1.165, 1.54) is 0 Å². The summed E-state index contributed by atoms with van der Waals surface area (Å²) in [5, 5.41) is 2.68. The van der Waals surface area contributed by atoms with Crippen molar-refractivity contribution in [3.63, 3.8) is 0 Å². The smallest absolute Gasteiger partial charge is 0.407 e. The summed E-state index contributed by atoms with van der Waals surface area (Å²) >= 11 is 0. The van der Waals surface area contributed by atoms with Crippen molar-refractivity contribution in [2.45, 2.75) is 25.2 Å². The van der Waals surface area contributed by atoms with E-state index in [0.717, 1.165) is 5.56 Å². The van der Waals surface area contributed by atoms with Gasteiger partial charge >= 0.3 is 12.1 Å². The normalized spacial score (nSPS) is 18.8. The first-order chi connectivity index (χ1) is 12.7. The summed E-state index contributed by atoms with van der Waals surface area (Å²) < 4.78 is 16.2. The molecule has 0 aliphatic carbocycles. The first kappa shape index (κ1) is 17.9. The van der Waals surface area contributed by atoms with Gasteiger partial charge in [0.2, 0.25) is 0 Å². The molecular formula is C20H21NO5. The molecule has 6 heteroatoms. The Labute approximate surface area is 152 Å². The minimum atomic E-state index is -0.501. The topological polar surface area (TPSA) is 73.9 Å². The standard InChI is InChI=1S/C20H21NO5/c22-19(16-9-5-2-6-10-16)25-14-17-18(26-20(23)21-17)11-12-24-13-15-7-3-1-4-8-15/h1-10,17-18H,11-14H2,(H,21,23).